The fourth-order valence-electron chi connectivity index (χ4n) is 8.43. The molecule has 1 heterocycles. The van der Waals surface area contributed by atoms with Crippen molar-refractivity contribution in [2.24, 2.45) is 0 Å². The highest BCUT2D eigenvalue weighted by molar-refractivity contribution is 7.25. The van der Waals surface area contributed by atoms with Crippen LogP contribution in [0.1, 0.15) is 0 Å². The second-order valence-electron chi connectivity index (χ2n) is 14.5. The van der Waals surface area contributed by atoms with Crippen LogP contribution in [0.2, 0.25) is 0 Å². The summed E-state index contributed by atoms with van der Waals surface area (Å²) in [7, 11) is 0. The van der Waals surface area contributed by atoms with E-state index in [1.165, 1.54) is 85.9 Å². The molecule has 2 heteroatoms. The molecular formula is C54H35NS. The fourth-order valence-corrected chi connectivity index (χ4v) is 9.60. The highest BCUT2D eigenvalue weighted by Crippen LogP contribution is 2.43. The predicted octanol–water partition coefficient (Wildman–Crippen LogP) is 16.0. The van der Waals surface area contributed by atoms with Gasteiger partial charge in [0.1, 0.15) is 0 Å². The number of benzene rings is 10. The molecule has 56 heavy (non-hydrogen) atoms. The number of anilines is 3. The monoisotopic (exact) mass is 729 g/mol. The van der Waals surface area contributed by atoms with Crippen molar-refractivity contribution in [2.45, 2.75) is 0 Å². The van der Waals surface area contributed by atoms with Crippen LogP contribution in [0, 0.1) is 0 Å². The van der Waals surface area contributed by atoms with E-state index in [0.29, 0.717) is 0 Å². The summed E-state index contributed by atoms with van der Waals surface area (Å²) in [5.74, 6) is 0. The molecule has 0 radical (unpaired) electrons. The largest absolute Gasteiger partial charge is 0.310 e. The first-order valence-corrected chi connectivity index (χ1v) is 20.0. The highest BCUT2D eigenvalue weighted by atomic mass is 32.1. The van der Waals surface area contributed by atoms with Crippen molar-refractivity contribution < 1.29 is 0 Å². The molecular weight excluding hydrogens is 695 g/mol. The molecule has 1 nitrogen and oxygen atoms in total. The molecule has 11 rings (SSSR count). The molecule has 10 aromatic carbocycles. The second-order valence-corrected chi connectivity index (χ2v) is 15.6. The molecule has 0 bridgehead atoms. The topological polar surface area (TPSA) is 3.24 Å². The van der Waals surface area contributed by atoms with Gasteiger partial charge in [-0.3, -0.25) is 0 Å². The molecule has 262 valence electrons. The molecule has 0 saturated heterocycles. The van der Waals surface area contributed by atoms with Crippen LogP contribution in [0.3, 0.4) is 0 Å². The minimum atomic E-state index is 1.12. The van der Waals surface area contributed by atoms with Crippen LogP contribution < -0.4 is 4.90 Å². The van der Waals surface area contributed by atoms with Crippen LogP contribution in [0.5, 0.6) is 0 Å². The van der Waals surface area contributed by atoms with Crippen LogP contribution in [-0.4, -0.2) is 0 Å². The third-order valence-electron chi connectivity index (χ3n) is 11.2. The van der Waals surface area contributed by atoms with Gasteiger partial charge in [-0.2, -0.15) is 0 Å². The lowest BCUT2D eigenvalue weighted by Gasteiger charge is -2.26. The molecule has 0 atom stereocenters. The van der Waals surface area contributed by atoms with Gasteiger partial charge in [-0.15, -0.1) is 11.3 Å². The molecule has 0 saturated carbocycles. The Balaban J connectivity index is 1.01. The number of thiophene rings is 1. The fraction of sp³-hybridized carbons (Fsp3) is 0. The quantitative estimate of drug-likeness (QED) is 0.154. The van der Waals surface area contributed by atoms with Gasteiger partial charge in [0, 0.05) is 37.2 Å². The van der Waals surface area contributed by atoms with Crippen molar-refractivity contribution in [3.05, 3.63) is 212 Å². The highest BCUT2D eigenvalue weighted by Gasteiger charge is 2.17. The smallest absolute Gasteiger partial charge is 0.0476 e. The minimum Gasteiger partial charge on any atom is -0.310 e. The summed E-state index contributed by atoms with van der Waals surface area (Å²) >= 11 is 1.87. The molecule has 0 aliphatic rings. The molecule has 0 N–H and O–H groups in total. The zero-order valence-electron chi connectivity index (χ0n) is 30.6. The number of hydrogen-bond donors (Lipinski definition) is 0. The Labute approximate surface area is 330 Å². The standard InChI is InChI=1S/C54H35NS/c1-2-11-36(12-3-1)37-25-27-44(28-26-37)55(46-29-30-50-52-32-41-13-4-5-14-42(41)34-53(52)56-54(50)35-46)45-17-10-16-40(31-45)38-21-23-39(24-22-38)51-33-43-15-6-7-18-47(43)48-19-8-9-20-49(48)51/h1-35H. The summed E-state index contributed by atoms with van der Waals surface area (Å²) in [5.41, 5.74) is 10.6. The first kappa shape index (κ1) is 32.4. The Morgan fingerprint density at radius 1 is 0.268 bits per heavy atom. The van der Waals surface area contributed by atoms with Crippen molar-refractivity contribution in [3.63, 3.8) is 0 Å². The predicted molar refractivity (Wildman–Crippen MR) is 243 cm³/mol. The van der Waals surface area contributed by atoms with E-state index in [4.69, 9.17) is 0 Å². The lowest BCUT2D eigenvalue weighted by molar-refractivity contribution is 1.29. The van der Waals surface area contributed by atoms with Gasteiger partial charge < -0.3 is 4.90 Å². The Morgan fingerprint density at radius 2 is 0.821 bits per heavy atom. The van der Waals surface area contributed by atoms with E-state index in [2.05, 4.69) is 217 Å². The van der Waals surface area contributed by atoms with Crippen LogP contribution in [0.4, 0.5) is 17.1 Å². The van der Waals surface area contributed by atoms with Crippen LogP contribution in [0.15, 0.2) is 212 Å². The number of rotatable bonds is 6. The van der Waals surface area contributed by atoms with Gasteiger partial charge in [-0.05, 0) is 120 Å². The van der Waals surface area contributed by atoms with E-state index in [1.807, 2.05) is 11.3 Å². The maximum Gasteiger partial charge on any atom is 0.0476 e. The van der Waals surface area contributed by atoms with E-state index in [-0.39, 0.29) is 0 Å². The molecule has 0 spiro atoms. The summed E-state index contributed by atoms with van der Waals surface area (Å²) in [6.45, 7) is 0. The third-order valence-corrected chi connectivity index (χ3v) is 12.3. The zero-order valence-corrected chi connectivity index (χ0v) is 31.4. The van der Waals surface area contributed by atoms with Crippen molar-refractivity contribution >= 4 is 80.9 Å². The molecule has 1 aromatic heterocycles. The minimum absolute atomic E-state index is 1.12. The summed E-state index contributed by atoms with van der Waals surface area (Å²) < 4.78 is 2.60. The molecule has 0 fully saturated rings. The second kappa shape index (κ2) is 13.4. The first-order valence-electron chi connectivity index (χ1n) is 19.2. The number of nitrogens with zero attached hydrogens (tertiary/aromatic N) is 1. The van der Waals surface area contributed by atoms with E-state index in [0.717, 1.165) is 17.1 Å². The van der Waals surface area contributed by atoms with Crippen LogP contribution >= 0.6 is 11.3 Å². The van der Waals surface area contributed by atoms with Crippen molar-refractivity contribution in [1.29, 1.82) is 0 Å². The maximum absolute atomic E-state index is 2.40. The van der Waals surface area contributed by atoms with E-state index >= 15 is 0 Å². The van der Waals surface area contributed by atoms with E-state index in [9.17, 15) is 0 Å². The van der Waals surface area contributed by atoms with E-state index < -0.39 is 0 Å². The summed E-state index contributed by atoms with van der Waals surface area (Å²) in [5, 5.41) is 10.3. The number of fused-ring (bicyclic) bond motifs is 7. The lowest BCUT2D eigenvalue weighted by Crippen LogP contribution is -2.09. The average molecular weight is 730 g/mol. The molecule has 0 unspecified atom stereocenters. The Kier molecular flexibility index (Phi) is 7.75. The van der Waals surface area contributed by atoms with Gasteiger partial charge in [0.2, 0.25) is 0 Å². The third kappa shape index (κ3) is 5.62. The van der Waals surface area contributed by atoms with Crippen molar-refractivity contribution in [2.75, 3.05) is 4.90 Å². The summed E-state index contributed by atoms with van der Waals surface area (Å²) in [4.78, 5) is 2.40. The Hall–Kier alpha value is -7.00. The number of hydrogen-bond acceptors (Lipinski definition) is 2. The molecule has 0 amide bonds. The molecule has 0 aliphatic heterocycles. The normalized spacial score (nSPS) is 11.6. The van der Waals surface area contributed by atoms with Gasteiger partial charge >= 0.3 is 0 Å². The average Bonchev–Trinajstić information content (AvgIpc) is 3.62. The van der Waals surface area contributed by atoms with Gasteiger partial charge in [0.15, 0.2) is 0 Å². The SMILES string of the molecule is c1ccc(-c2ccc(N(c3cccc(-c4ccc(-c5cc6ccccc6c6ccccc56)cc4)c3)c3ccc4c(c3)sc3cc5ccccc5cc34)cc2)cc1. The van der Waals surface area contributed by atoms with Crippen molar-refractivity contribution in [1.82, 2.24) is 0 Å². The molecule has 0 aliphatic carbocycles. The van der Waals surface area contributed by atoms with Crippen LogP contribution in [0.25, 0.3) is 85.9 Å². The Bertz CT molecular complexity index is 3230. The zero-order chi connectivity index (χ0) is 37.0. The maximum atomic E-state index is 2.40. The van der Waals surface area contributed by atoms with Crippen LogP contribution in [-0.2, 0) is 0 Å². The van der Waals surface area contributed by atoms with Gasteiger partial charge in [0.25, 0.3) is 0 Å². The van der Waals surface area contributed by atoms with Gasteiger partial charge in [0.05, 0.1) is 0 Å². The Morgan fingerprint density at radius 3 is 1.62 bits per heavy atom. The van der Waals surface area contributed by atoms with Gasteiger partial charge in [-0.25, -0.2) is 0 Å². The lowest BCUT2D eigenvalue weighted by atomic mass is 9.92. The summed E-state index contributed by atoms with van der Waals surface area (Å²) in [6, 6.07) is 77.7. The van der Waals surface area contributed by atoms with Crippen molar-refractivity contribution in [3.8, 4) is 33.4 Å². The molecule has 11 aromatic rings. The first-order chi connectivity index (χ1) is 27.7. The van der Waals surface area contributed by atoms with Gasteiger partial charge in [-0.1, -0.05) is 158 Å². The van der Waals surface area contributed by atoms with E-state index in [1.54, 1.807) is 0 Å². The summed E-state index contributed by atoms with van der Waals surface area (Å²) in [6.07, 6.45) is 0.